The Hall–Kier alpha value is -3.10. The number of carbonyl (C=O) groups excluding carboxylic acids is 3. The highest BCUT2D eigenvalue weighted by molar-refractivity contribution is 6.30. The molecule has 2 aromatic carbocycles. The Morgan fingerprint density at radius 3 is 2.53 bits per heavy atom. The number of benzene rings is 2. The minimum Gasteiger partial charge on any atom is -0.484 e. The minimum atomic E-state index is -0.377. The van der Waals surface area contributed by atoms with E-state index in [0.717, 1.165) is 6.42 Å². The maximum atomic E-state index is 12.4. The van der Waals surface area contributed by atoms with Crippen LogP contribution in [0.2, 0.25) is 5.02 Å². The lowest BCUT2D eigenvalue weighted by molar-refractivity contribution is -0.126. The molecule has 3 rings (SSSR count). The third kappa shape index (κ3) is 6.70. The molecule has 0 radical (unpaired) electrons. The Labute approximate surface area is 191 Å². The number of nitrogens with one attached hydrogen (secondary N) is 2. The highest BCUT2D eigenvalue weighted by atomic mass is 35.5. The van der Waals surface area contributed by atoms with Crippen molar-refractivity contribution < 1.29 is 23.9 Å². The van der Waals surface area contributed by atoms with Gasteiger partial charge in [0.05, 0.1) is 5.92 Å². The number of amides is 3. The molecule has 0 unspecified atom stereocenters. The molecule has 1 aliphatic heterocycles. The van der Waals surface area contributed by atoms with E-state index in [4.69, 9.17) is 21.1 Å². The molecule has 0 spiro atoms. The molecule has 0 aromatic heterocycles. The van der Waals surface area contributed by atoms with Crippen LogP contribution in [0.25, 0.3) is 0 Å². The first-order valence-corrected chi connectivity index (χ1v) is 10.7. The van der Waals surface area contributed by atoms with Gasteiger partial charge in [-0.3, -0.25) is 14.4 Å². The Morgan fingerprint density at radius 2 is 1.84 bits per heavy atom. The monoisotopic (exact) mass is 459 g/mol. The van der Waals surface area contributed by atoms with Crippen LogP contribution in [0, 0.1) is 5.92 Å². The van der Waals surface area contributed by atoms with Crippen molar-refractivity contribution in [1.82, 2.24) is 5.32 Å². The van der Waals surface area contributed by atoms with Crippen molar-refractivity contribution in [3.63, 3.8) is 0 Å². The molecule has 1 saturated heterocycles. The molecule has 1 fully saturated rings. The quantitative estimate of drug-likeness (QED) is 0.532. The van der Waals surface area contributed by atoms with Gasteiger partial charge < -0.3 is 25.0 Å². The number of rotatable bonds is 10. The van der Waals surface area contributed by atoms with E-state index in [1.165, 1.54) is 0 Å². The molecule has 2 aromatic rings. The Morgan fingerprint density at radius 1 is 1.12 bits per heavy atom. The standard InChI is InChI=1S/C23H26ClN3O5/c1-31-12-2-11-25-23(30)16-13-22(29)27(14-16)19-7-9-20(10-8-19)32-15-21(28)26-18-5-3-17(24)4-6-18/h3-10,16H,2,11-15H2,1H3,(H,25,30)(H,26,28)/t16-/m0/s1. The van der Waals surface area contributed by atoms with Crippen LogP contribution < -0.4 is 20.3 Å². The molecule has 170 valence electrons. The molecular formula is C23H26ClN3O5. The van der Waals surface area contributed by atoms with Crippen LogP contribution in [0.1, 0.15) is 12.8 Å². The van der Waals surface area contributed by atoms with Crippen molar-refractivity contribution >= 4 is 40.7 Å². The number of anilines is 2. The lowest BCUT2D eigenvalue weighted by atomic mass is 10.1. The summed E-state index contributed by atoms with van der Waals surface area (Å²) in [5.41, 5.74) is 1.31. The highest BCUT2D eigenvalue weighted by Crippen LogP contribution is 2.27. The maximum absolute atomic E-state index is 12.4. The van der Waals surface area contributed by atoms with Crippen LogP contribution in [-0.4, -0.2) is 51.1 Å². The van der Waals surface area contributed by atoms with Crippen molar-refractivity contribution in [3.8, 4) is 5.75 Å². The predicted molar refractivity (Wildman–Crippen MR) is 122 cm³/mol. The number of hydrogen-bond acceptors (Lipinski definition) is 5. The summed E-state index contributed by atoms with van der Waals surface area (Å²) in [5, 5.41) is 6.15. The zero-order chi connectivity index (χ0) is 22.9. The molecule has 1 atom stereocenters. The second-order valence-corrected chi connectivity index (χ2v) is 7.82. The summed E-state index contributed by atoms with van der Waals surface area (Å²) in [7, 11) is 1.61. The second kappa shape index (κ2) is 11.5. The molecular weight excluding hydrogens is 434 g/mol. The molecule has 2 N–H and O–H groups in total. The van der Waals surface area contributed by atoms with Crippen molar-refractivity contribution in [2.45, 2.75) is 12.8 Å². The number of halogens is 1. The summed E-state index contributed by atoms with van der Waals surface area (Å²) in [6.07, 6.45) is 0.908. The third-order valence-corrected chi connectivity index (χ3v) is 5.22. The van der Waals surface area contributed by atoms with Gasteiger partial charge in [-0.1, -0.05) is 11.6 Å². The second-order valence-electron chi connectivity index (χ2n) is 7.38. The molecule has 0 saturated carbocycles. The fourth-order valence-electron chi connectivity index (χ4n) is 3.31. The van der Waals surface area contributed by atoms with Gasteiger partial charge in [0, 0.05) is 49.6 Å². The minimum absolute atomic E-state index is 0.0990. The van der Waals surface area contributed by atoms with Crippen LogP contribution >= 0.6 is 11.6 Å². The van der Waals surface area contributed by atoms with Gasteiger partial charge in [0.1, 0.15) is 5.75 Å². The van der Waals surface area contributed by atoms with E-state index in [1.54, 1.807) is 60.5 Å². The van der Waals surface area contributed by atoms with Gasteiger partial charge >= 0.3 is 0 Å². The van der Waals surface area contributed by atoms with E-state index >= 15 is 0 Å². The van der Waals surface area contributed by atoms with Gasteiger partial charge in [-0.05, 0) is 55.0 Å². The Kier molecular flexibility index (Phi) is 8.47. The van der Waals surface area contributed by atoms with Crippen molar-refractivity contribution in [1.29, 1.82) is 0 Å². The fourth-order valence-corrected chi connectivity index (χ4v) is 3.43. The van der Waals surface area contributed by atoms with Crippen LogP contribution in [0.3, 0.4) is 0 Å². The summed E-state index contributed by atoms with van der Waals surface area (Å²) < 4.78 is 10.5. The molecule has 3 amide bonds. The predicted octanol–water partition coefficient (Wildman–Crippen LogP) is 2.86. The fraction of sp³-hybridized carbons (Fsp3) is 0.348. The normalized spacial score (nSPS) is 15.5. The summed E-state index contributed by atoms with van der Waals surface area (Å²) in [5.74, 6) is -0.399. The Balaban J connectivity index is 1.47. The van der Waals surface area contributed by atoms with E-state index < -0.39 is 0 Å². The van der Waals surface area contributed by atoms with Gasteiger partial charge in [-0.25, -0.2) is 0 Å². The lowest BCUT2D eigenvalue weighted by Gasteiger charge is -2.17. The van der Waals surface area contributed by atoms with E-state index in [0.29, 0.717) is 41.8 Å². The average Bonchev–Trinajstić information content (AvgIpc) is 3.19. The smallest absolute Gasteiger partial charge is 0.262 e. The Bertz CT molecular complexity index is 934. The first kappa shape index (κ1) is 23.6. The number of hydrogen-bond donors (Lipinski definition) is 2. The molecule has 1 aliphatic rings. The SMILES string of the molecule is COCCCNC(=O)[C@H]1CC(=O)N(c2ccc(OCC(=O)Nc3ccc(Cl)cc3)cc2)C1. The van der Waals surface area contributed by atoms with Crippen molar-refractivity contribution in [2.75, 3.05) is 43.6 Å². The molecule has 32 heavy (non-hydrogen) atoms. The van der Waals surface area contributed by atoms with Crippen molar-refractivity contribution in [2.24, 2.45) is 5.92 Å². The highest BCUT2D eigenvalue weighted by Gasteiger charge is 2.34. The van der Waals surface area contributed by atoms with Crippen molar-refractivity contribution in [3.05, 3.63) is 53.6 Å². The van der Waals surface area contributed by atoms with Crippen LogP contribution in [-0.2, 0) is 19.1 Å². The topological polar surface area (TPSA) is 97.0 Å². The summed E-state index contributed by atoms with van der Waals surface area (Å²) in [6, 6.07) is 13.6. The van der Waals surface area contributed by atoms with E-state index in [2.05, 4.69) is 10.6 Å². The molecule has 0 aliphatic carbocycles. The summed E-state index contributed by atoms with van der Waals surface area (Å²) in [4.78, 5) is 38.3. The maximum Gasteiger partial charge on any atom is 0.262 e. The first-order chi connectivity index (χ1) is 15.5. The summed E-state index contributed by atoms with van der Waals surface area (Å²) >= 11 is 5.83. The van der Waals surface area contributed by atoms with Gasteiger partial charge in [0.15, 0.2) is 6.61 Å². The van der Waals surface area contributed by atoms with Crippen LogP contribution in [0.4, 0.5) is 11.4 Å². The largest absolute Gasteiger partial charge is 0.484 e. The van der Waals surface area contributed by atoms with Gasteiger partial charge in [0.2, 0.25) is 11.8 Å². The molecule has 1 heterocycles. The van der Waals surface area contributed by atoms with Gasteiger partial charge in [-0.15, -0.1) is 0 Å². The molecule has 0 bridgehead atoms. The van der Waals surface area contributed by atoms with E-state index in [-0.39, 0.29) is 36.7 Å². The molecule has 8 nitrogen and oxygen atoms in total. The zero-order valence-electron chi connectivity index (χ0n) is 17.8. The third-order valence-electron chi connectivity index (χ3n) is 4.97. The first-order valence-electron chi connectivity index (χ1n) is 10.3. The number of methoxy groups -OCH3 is 1. The zero-order valence-corrected chi connectivity index (χ0v) is 18.6. The number of nitrogens with zero attached hydrogens (tertiary/aromatic N) is 1. The van der Waals surface area contributed by atoms with Gasteiger partial charge in [0.25, 0.3) is 5.91 Å². The summed E-state index contributed by atoms with van der Waals surface area (Å²) in [6.45, 7) is 1.27. The van der Waals surface area contributed by atoms with Crippen LogP contribution in [0.5, 0.6) is 5.75 Å². The number of ether oxygens (including phenoxy) is 2. The van der Waals surface area contributed by atoms with E-state index in [9.17, 15) is 14.4 Å². The average molecular weight is 460 g/mol. The molecule has 9 heteroatoms. The number of carbonyl (C=O) groups is 3. The lowest BCUT2D eigenvalue weighted by Crippen LogP contribution is -2.33. The van der Waals surface area contributed by atoms with E-state index in [1.807, 2.05) is 0 Å². The van der Waals surface area contributed by atoms with Crippen LogP contribution in [0.15, 0.2) is 48.5 Å². The van der Waals surface area contributed by atoms with Gasteiger partial charge in [-0.2, -0.15) is 0 Å².